The molecule has 0 amide bonds. The number of ether oxygens (including phenoxy) is 1. The minimum atomic E-state index is -0.123. The molecule has 1 fully saturated rings. The fourth-order valence-electron chi connectivity index (χ4n) is 2.48. The normalized spacial score (nSPS) is 20.7. The Balaban J connectivity index is 2.07. The van der Waals surface area contributed by atoms with Crippen LogP contribution in [-0.4, -0.2) is 35.5 Å². The SMILES string of the molecule is COC(=O)C1CCCCN1Cc1cccc(C)n1. The van der Waals surface area contributed by atoms with Gasteiger partial charge in [0.15, 0.2) is 0 Å². The highest BCUT2D eigenvalue weighted by molar-refractivity contribution is 5.75. The minimum absolute atomic E-state index is 0.105. The Kier molecular flexibility index (Phi) is 4.31. The summed E-state index contributed by atoms with van der Waals surface area (Å²) in [4.78, 5) is 18.4. The minimum Gasteiger partial charge on any atom is -0.468 e. The Morgan fingerprint density at radius 2 is 2.33 bits per heavy atom. The topological polar surface area (TPSA) is 42.4 Å². The van der Waals surface area contributed by atoms with Crippen LogP contribution in [0.4, 0.5) is 0 Å². The van der Waals surface area contributed by atoms with E-state index in [1.807, 2.05) is 25.1 Å². The predicted molar refractivity (Wildman–Crippen MR) is 69.0 cm³/mol. The maximum atomic E-state index is 11.8. The Hall–Kier alpha value is -1.42. The number of methoxy groups -OCH3 is 1. The van der Waals surface area contributed by atoms with Gasteiger partial charge < -0.3 is 4.74 Å². The molecule has 4 nitrogen and oxygen atoms in total. The van der Waals surface area contributed by atoms with Gasteiger partial charge in [-0.1, -0.05) is 12.5 Å². The summed E-state index contributed by atoms with van der Waals surface area (Å²) in [6.45, 7) is 3.65. The van der Waals surface area contributed by atoms with Gasteiger partial charge in [-0.3, -0.25) is 14.7 Å². The van der Waals surface area contributed by atoms with Crippen LogP contribution < -0.4 is 0 Å². The first kappa shape index (κ1) is 13.0. The Morgan fingerprint density at radius 3 is 3.06 bits per heavy atom. The van der Waals surface area contributed by atoms with Gasteiger partial charge in [-0.2, -0.15) is 0 Å². The van der Waals surface area contributed by atoms with Crippen molar-refractivity contribution >= 4 is 5.97 Å². The first-order valence-corrected chi connectivity index (χ1v) is 6.45. The van der Waals surface area contributed by atoms with Gasteiger partial charge >= 0.3 is 5.97 Å². The standard InChI is InChI=1S/C14H20N2O2/c1-11-6-5-7-12(15-11)10-16-9-4-3-8-13(16)14(17)18-2/h5-7,13H,3-4,8-10H2,1-2H3. The maximum absolute atomic E-state index is 11.8. The van der Waals surface area contributed by atoms with Crippen LogP contribution in [0, 0.1) is 6.92 Å². The van der Waals surface area contributed by atoms with Crippen molar-refractivity contribution in [1.29, 1.82) is 0 Å². The number of carbonyl (C=O) groups is 1. The fourth-order valence-corrected chi connectivity index (χ4v) is 2.48. The van der Waals surface area contributed by atoms with Crippen molar-refractivity contribution in [3.05, 3.63) is 29.6 Å². The zero-order chi connectivity index (χ0) is 13.0. The summed E-state index contributed by atoms with van der Waals surface area (Å²) in [5.74, 6) is -0.123. The van der Waals surface area contributed by atoms with Crippen molar-refractivity contribution < 1.29 is 9.53 Å². The molecular weight excluding hydrogens is 228 g/mol. The number of nitrogens with zero attached hydrogens (tertiary/aromatic N) is 2. The lowest BCUT2D eigenvalue weighted by Gasteiger charge is -2.33. The predicted octanol–water partition coefficient (Wildman–Crippen LogP) is 1.92. The molecule has 0 radical (unpaired) electrons. The number of aryl methyl sites for hydroxylation is 1. The van der Waals surface area contributed by atoms with Crippen molar-refractivity contribution in [1.82, 2.24) is 9.88 Å². The van der Waals surface area contributed by atoms with Gasteiger partial charge in [0.1, 0.15) is 6.04 Å². The highest BCUT2D eigenvalue weighted by Crippen LogP contribution is 2.20. The van der Waals surface area contributed by atoms with Gasteiger partial charge in [0.25, 0.3) is 0 Å². The summed E-state index contributed by atoms with van der Waals surface area (Å²) in [7, 11) is 1.46. The van der Waals surface area contributed by atoms with E-state index in [9.17, 15) is 4.79 Å². The molecule has 0 saturated carbocycles. The summed E-state index contributed by atoms with van der Waals surface area (Å²) in [6, 6.07) is 5.90. The second-order valence-electron chi connectivity index (χ2n) is 4.78. The van der Waals surface area contributed by atoms with E-state index in [0.717, 1.165) is 43.7 Å². The maximum Gasteiger partial charge on any atom is 0.323 e. The van der Waals surface area contributed by atoms with Gasteiger partial charge in [-0.05, 0) is 38.4 Å². The molecule has 1 saturated heterocycles. The van der Waals surface area contributed by atoms with Crippen molar-refractivity contribution in [3.63, 3.8) is 0 Å². The third-order valence-electron chi connectivity index (χ3n) is 3.40. The summed E-state index contributed by atoms with van der Waals surface area (Å²) < 4.78 is 4.88. The second-order valence-corrected chi connectivity index (χ2v) is 4.78. The molecule has 0 spiro atoms. The van der Waals surface area contributed by atoms with Crippen LogP contribution in [0.1, 0.15) is 30.7 Å². The van der Waals surface area contributed by atoms with Gasteiger partial charge in [-0.25, -0.2) is 0 Å². The number of hydrogen-bond acceptors (Lipinski definition) is 4. The summed E-state index contributed by atoms with van der Waals surface area (Å²) in [6.07, 6.45) is 3.12. The van der Waals surface area contributed by atoms with Crippen LogP contribution in [0.25, 0.3) is 0 Å². The first-order valence-electron chi connectivity index (χ1n) is 6.45. The Labute approximate surface area is 108 Å². The van der Waals surface area contributed by atoms with E-state index in [-0.39, 0.29) is 12.0 Å². The van der Waals surface area contributed by atoms with Crippen LogP contribution in [-0.2, 0) is 16.1 Å². The van der Waals surface area contributed by atoms with Crippen molar-refractivity contribution in [2.75, 3.05) is 13.7 Å². The summed E-state index contributed by atoms with van der Waals surface area (Å²) >= 11 is 0. The average Bonchev–Trinajstić information content (AvgIpc) is 2.38. The molecule has 1 atom stereocenters. The van der Waals surface area contributed by atoms with E-state index in [1.165, 1.54) is 7.11 Å². The molecule has 0 N–H and O–H groups in total. The molecule has 0 bridgehead atoms. The summed E-state index contributed by atoms with van der Waals surface area (Å²) in [5.41, 5.74) is 2.03. The Morgan fingerprint density at radius 1 is 1.50 bits per heavy atom. The highest BCUT2D eigenvalue weighted by atomic mass is 16.5. The lowest BCUT2D eigenvalue weighted by molar-refractivity contribution is -0.148. The summed E-state index contributed by atoms with van der Waals surface area (Å²) in [5, 5.41) is 0. The number of piperidine rings is 1. The van der Waals surface area contributed by atoms with Crippen molar-refractivity contribution in [2.24, 2.45) is 0 Å². The molecule has 2 rings (SSSR count). The van der Waals surface area contributed by atoms with E-state index < -0.39 is 0 Å². The average molecular weight is 248 g/mol. The van der Waals surface area contributed by atoms with E-state index in [1.54, 1.807) is 0 Å². The van der Waals surface area contributed by atoms with Crippen LogP contribution >= 0.6 is 0 Å². The molecule has 1 aliphatic heterocycles. The molecule has 0 aromatic carbocycles. The highest BCUT2D eigenvalue weighted by Gasteiger charge is 2.29. The van der Waals surface area contributed by atoms with E-state index >= 15 is 0 Å². The first-order chi connectivity index (χ1) is 8.70. The molecule has 1 aromatic rings. The van der Waals surface area contributed by atoms with Crippen molar-refractivity contribution in [2.45, 2.75) is 38.8 Å². The molecule has 98 valence electrons. The quantitative estimate of drug-likeness (QED) is 0.766. The smallest absolute Gasteiger partial charge is 0.323 e. The molecule has 1 unspecified atom stereocenters. The zero-order valence-electron chi connectivity index (χ0n) is 11.1. The van der Waals surface area contributed by atoms with Gasteiger partial charge in [0, 0.05) is 12.2 Å². The fraction of sp³-hybridized carbons (Fsp3) is 0.571. The molecular formula is C14H20N2O2. The lowest BCUT2D eigenvalue weighted by Crippen LogP contribution is -2.44. The van der Waals surface area contributed by atoms with Gasteiger partial charge in [0.2, 0.25) is 0 Å². The molecule has 2 heterocycles. The van der Waals surface area contributed by atoms with Crippen LogP contribution in [0.3, 0.4) is 0 Å². The number of aromatic nitrogens is 1. The zero-order valence-corrected chi connectivity index (χ0v) is 11.1. The number of hydrogen-bond donors (Lipinski definition) is 0. The molecule has 1 aromatic heterocycles. The number of rotatable bonds is 3. The van der Waals surface area contributed by atoms with E-state index in [0.29, 0.717) is 0 Å². The number of carbonyl (C=O) groups excluding carboxylic acids is 1. The second kappa shape index (κ2) is 5.96. The number of likely N-dealkylation sites (tertiary alicyclic amines) is 1. The molecule has 1 aliphatic rings. The third kappa shape index (κ3) is 3.07. The van der Waals surface area contributed by atoms with Crippen molar-refractivity contribution in [3.8, 4) is 0 Å². The Bertz CT molecular complexity index is 420. The molecule has 18 heavy (non-hydrogen) atoms. The monoisotopic (exact) mass is 248 g/mol. The van der Waals surface area contributed by atoms with Gasteiger partial charge in [-0.15, -0.1) is 0 Å². The van der Waals surface area contributed by atoms with Gasteiger partial charge in [0.05, 0.1) is 12.8 Å². The molecule has 4 heteroatoms. The molecule has 0 aliphatic carbocycles. The number of esters is 1. The lowest BCUT2D eigenvalue weighted by atomic mass is 10.0. The third-order valence-corrected chi connectivity index (χ3v) is 3.40. The van der Waals surface area contributed by atoms with E-state index in [4.69, 9.17) is 4.74 Å². The van der Waals surface area contributed by atoms with Crippen LogP contribution in [0.5, 0.6) is 0 Å². The number of pyridine rings is 1. The largest absolute Gasteiger partial charge is 0.468 e. The van der Waals surface area contributed by atoms with Crippen LogP contribution in [0.2, 0.25) is 0 Å². The van der Waals surface area contributed by atoms with Crippen LogP contribution in [0.15, 0.2) is 18.2 Å². The van der Waals surface area contributed by atoms with E-state index in [2.05, 4.69) is 9.88 Å².